The highest BCUT2D eigenvalue weighted by molar-refractivity contribution is 5.85. The van der Waals surface area contributed by atoms with E-state index in [-0.39, 0.29) is 43.0 Å². The number of alkyl halides is 2. The van der Waals surface area contributed by atoms with Crippen LogP contribution in [-0.2, 0) is 14.3 Å². The lowest BCUT2D eigenvalue weighted by molar-refractivity contribution is -0.174. The zero-order valence-electron chi connectivity index (χ0n) is 13.4. The van der Waals surface area contributed by atoms with Crippen LogP contribution in [-0.4, -0.2) is 55.0 Å². The van der Waals surface area contributed by atoms with Gasteiger partial charge in [-0.25, -0.2) is 8.78 Å². The van der Waals surface area contributed by atoms with Gasteiger partial charge < -0.3 is 19.9 Å². The molecule has 1 aliphatic heterocycles. The number of hydrogen-bond donors (Lipinski definition) is 2. The van der Waals surface area contributed by atoms with Gasteiger partial charge >= 0.3 is 0 Å². The molecule has 3 aliphatic rings. The van der Waals surface area contributed by atoms with Crippen LogP contribution >= 0.6 is 0 Å². The number of aliphatic hydroxyl groups excluding tert-OH is 1. The third-order valence-corrected chi connectivity index (χ3v) is 6.14. The van der Waals surface area contributed by atoms with Gasteiger partial charge in [0.05, 0.1) is 6.10 Å². The molecule has 0 radical (unpaired) electrons. The molecule has 2 saturated carbocycles. The minimum Gasteiger partial charge on any atom is -0.392 e. The molecule has 2 atom stereocenters. The molecule has 0 bridgehead atoms. The summed E-state index contributed by atoms with van der Waals surface area (Å²) in [6.45, 7) is 1.15. The molecule has 5 nitrogen and oxygen atoms in total. The van der Waals surface area contributed by atoms with Gasteiger partial charge in [0.2, 0.25) is 5.92 Å². The Bertz CT molecular complexity index is 455. The van der Waals surface area contributed by atoms with E-state index in [1.807, 2.05) is 0 Å². The molecule has 1 spiro atoms. The van der Waals surface area contributed by atoms with Crippen LogP contribution in [0, 0.1) is 5.41 Å². The standard InChI is InChI=1S/C16H25F2NO4/c1-22-15(2-4-16(17,18)5-3-15)13(21)19-11-10-12(20)14(11)6-8-23-9-7-14/h11-12,20H,2-10H2,1H3,(H,19,21)/t11-,12-/m1/s1. The molecule has 3 rings (SSSR count). The van der Waals surface area contributed by atoms with E-state index in [1.54, 1.807) is 0 Å². The Morgan fingerprint density at radius 1 is 1.17 bits per heavy atom. The van der Waals surface area contributed by atoms with Gasteiger partial charge in [0, 0.05) is 44.6 Å². The number of carbonyl (C=O) groups is 1. The number of aliphatic hydroxyl groups is 1. The number of amides is 1. The molecule has 2 aliphatic carbocycles. The first-order chi connectivity index (χ1) is 10.8. The zero-order chi connectivity index (χ0) is 16.7. The number of carbonyl (C=O) groups excluding carboxylic acids is 1. The lowest BCUT2D eigenvalue weighted by Gasteiger charge is -2.56. The van der Waals surface area contributed by atoms with Gasteiger partial charge in [-0.1, -0.05) is 0 Å². The largest absolute Gasteiger partial charge is 0.392 e. The third kappa shape index (κ3) is 2.87. The highest BCUT2D eigenvalue weighted by Crippen LogP contribution is 2.49. The van der Waals surface area contributed by atoms with Gasteiger partial charge in [-0.2, -0.15) is 0 Å². The van der Waals surface area contributed by atoms with Crippen molar-refractivity contribution < 1.29 is 28.2 Å². The van der Waals surface area contributed by atoms with Gasteiger partial charge in [0.1, 0.15) is 5.60 Å². The van der Waals surface area contributed by atoms with Crippen LogP contribution in [0.1, 0.15) is 44.9 Å². The van der Waals surface area contributed by atoms with E-state index in [1.165, 1.54) is 7.11 Å². The molecule has 2 N–H and O–H groups in total. The van der Waals surface area contributed by atoms with Crippen molar-refractivity contribution in [3.05, 3.63) is 0 Å². The van der Waals surface area contributed by atoms with Crippen molar-refractivity contribution >= 4 is 5.91 Å². The first-order valence-electron chi connectivity index (χ1n) is 8.33. The molecule has 0 unspecified atom stereocenters. The Kier molecular flexibility index (Phi) is 4.40. The maximum Gasteiger partial charge on any atom is 0.252 e. The Balaban J connectivity index is 1.66. The van der Waals surface area contributed by atoms with Crippen molar-refractivity contribution in [3.8, 4) is 0 Å². The van der Waals surface area contributed by atoms with E-state index < -0.39 is 17.6 Å². The van der Waals surface area contributed by atoms with E-state index in [0.29, 0.717) is 32.5 Å². The van der Waals surface area contributed by atoms with E-state index in [2.05, 4.69) is 5.32 Å². The highest BCUT2D eigenvalue weighted by Gasteiger charge is 2.57. The molecule has 1 heterocycles. The number of ether oxygens (including phenoxy) is 2. The number of halogens is 2. The van der Waals surface area contributed by atoms with E-state index >= 15 is 0 Å². The van der Waals surface area contributed by atoms with E-state index in [4.69, 9.17) is 9.47 Å². The predicted octanol–water partition coefficient (Wildman–Crippen LogP) is 1.63. The first-order valence-corrected chi connectivity index (χ1v) is 8.33. The molecule has 7 heteroatoms. The van der Waals surface area contributed by atoms with Crippen LogP contribution < -0.4 is 5.32 Å². The predicted molar refractivity (Wildman–Crippen MR) is 78.2 cm³/mol. The second-order valence-electron chi connectivity index (χ2n) is 7.18. The molecule has 0 aromatic rings. The minimum absolute atomic E-state index is 0.0215. The topological polar surface area (TPSA) is 67.8 Å². The quantitative estimate of drug-likeness (QED) is 0.824. The van der Waals surface area contributed by atoms with Crippen LogP contribution in [0.15, 0.2) is 0 Å². The van der Waals surface area contributed by atoms with E-state index in [9.17, 15) is 18.7 Å². The molecule has 0 aromatic heterocycles. The fourth-order valence-corrected chi connectivity index (χ4v) is 4.23. The van der Waals surface area contributed by atoms with Gasteiger partial charge in [-0.3, -0.25) is 4.79 Å². The summed E-state index contributed by atoms with van der Waals surface area (Å²) >= 11 is 0. The summed E-state index contributed by atoms with van der Waals surface area (Å²) in [5, 5.41) is 13.1. The molecule has 132 valence electrons. The molecule has 1 saturated heterocycles. The van der Waals surface area contributed by atoms with Gasteiger partial charge in [-0.05, 0) is 32.1 Å². The van der Waals surface area contributed by atoms with Crippen LogP contribution in [0.4, 0.5) is 8.78 Å². The fraction of sp³-hybridized carbons (Fsp3) is 0.938. The van der Waals surface area contributed by atoms with Gasteiger partial charge in [0.15, 0.2) is 0 Å². The van der Waals surface area contributed by atoms with Crippen molar-refractivity contribution in [2.24, 2.45) is 5.41 Å². The maximum absolute atomic E-state index is 13.4. The molecule has 23 heavy (non-hydrogen) atoms. The average molecular weight is 333 g/mol. The summed E-state index contributed by atoms with van der Waals surface area (Å²) < 4.78 is 37.5. The smallest absolute Gasteiger partial charge is 0.252 e. The normalized spacial score (nSPS) is 34.6. The molecule has 3 fully saturated rings. The summed E-state index contributed by atoms with van der Waals surface area (Å²) in [6, 6.07) is -0.136. The Morgan fingerprint density at radius 2 is 1.78 bits per heavy atom. The highest BCUT2D eigenvalue weighted by atomic mass is 19.3. The van der Waals surface area contributed by atoms with Crippen molar-refractivity contribution in [3.63, 3.8) is 0 Å². The van der Waals surface area contributed by atoms with Crippen LogP contribution in [0.5, 0.6) is 0 Å². The summed E-state index contributed by atoms with van der Waals surface area (Å²) in [5.74, 6) is -3.03. The Hall–Kier alpha value is -0.790. The Labute approximate surface area is 134 Å². The number of nitrogens with one attached hydrogen (secondary N) is 1. The molecule has 0 aromatic carbocycles. The number of methoxy groups -OCH3 is 1. The third-order valence-electron chi connectivity index (χ3n) is 6.14. The summed E-state index contributed by atoms with van der Waals surface area (Å²) in [4.78, 5) is 12.7. The number of hydrogen-bond acceptors (Lipinski definition) is 4. The summed E-state index contributed by atoms with van der Waals surface area (Å²) in [6.07, 6.45) is 0.851. The van der Waals surface area contributed by atoms with Crippen molar-refractivity contribution in [2.45, 2.75) is 68.6 Å². The molecule has 1 amide bonds. The SMILES string of the molecule is COC1(C(=O)N[C@@H]2C[C@@H](O)C23CCOCC3)CCC(F)(F)CC1. The average Bonchev–Trinajstić information content (AvgIpc) is 2.56. The van der Waals surface area contributed by atoms with Crippen LogP contribution in [0.2, 0.25) is 0 Å². The summed E-state index contributed by atoms with van der Waals surface area (Å²) in [5.41, 5.74) is -1.50. The second kappa shape index (κ2) is 5.93. The lowest BCUT2D eigenvalue weighted by atomic mass is 9.57. The van der Waals surface area contributed by atoms with Gasteiger partial charge in [0.25, 0.3) is 5.91 Å². The number of rotatable bonds is 3. The maximum atomic E-state index is 13.4. The minimum atomic E-state index is -2.71. The molecular weight excluding hydrogens is 308 g/mol. The van der Waals surface area contributed by atoms with Gasteiger partial charge in [-0.15, -0.1) is 0 Å². The van der Waals surface area contributed by atoms with Crippen molar-refractivity contribution in [1.82, 2.24) is 5.32 Å². The monoisotopic (exact) mass is 333 g/mol. The Morgan fingerprint density at radius 3 is 2.30 bits per heavy atom. The van der Waals surface area contributed by atoms with Crippen LogP contribution in [0.3, 0.4) is 0 Å². The fourth-order valence-electron chi connectivity index (χ4n) is 4.23. The molecular formula is C16H25F2NO4. The zero-order valence-corrected chi connectivity index (χ0v) is 13.4. The summed E-state index contributed by atoms with van der Waals surface area (Å²) in [7, 11) is 1.41. The first kappa shape index (κ1) is 17.0. The van der Waals surface area contributed by atoms with E-state index in [0.717, 1.165) is 0 Å². The second-order valence-corrected chi connectivity index (χ2v) is 7.18. The van der Waals surface area contributed by atoms with Crippen molar-refractivity contribution in [2.75, 3.05) is 20.3 Å². The van der Waals surface area contributed by atoms with Crippen LogP contribution in [0.25, 0.3) is 0 Å². The van der Waals surface area contributed by atoms with Crippen molar-refractivity contribution in [1.29, 1.82) is 0 Å². The lowest BCUT2D eigenvalue weighted by Crippen LogP contribution is -2.68.